The van der Waals surface area contributed by atoms with Gasteiger partial charge < -0.3 is 10.4 Å². The molecule has 0 aromatic carbocycles. The number of aromatic nitrogens is 1. The molecule has 0 spiro atoms. The maximum absolute atomic E-state index is 10.8. The summed E-state index contributed by atoms with van der Waals surface area (Å²) in [6, 6.07) is 5.51. The van der Waals surface area contributed by atoms with Gasteiger partial charge in [-0.1, -0.05) is 26.8 Å². The number of carboxylic acid groups (broad SMARTS) is 1. The van der Waals surface area contributed by atoms with Crippen LogP contribution in [0.1, 0.15) is 43.4 Å². The summed E-state index contributed by atoms with van der Waals surface area (Å²) in [6.07, 6.45) is 1.05. The lowest BCUT2D eigenvalue weighted by atomic mass is 10.0. The van der Waals surface area contributed by atoms with Gasteiger partial charge in [0.2, 0.25) is 0 Å². The van der Waals surface area contributed by atoms with Gasteiger partial charge in [0.1, 0.15) is 5.69 Å². The maximum Gasteiger partial charge on any atom is 0.354 e. The quantitative estimate of drug-likeness (QED) is 0.795. The molecule has 1 atom stereocenters. The van der Waals surface area contributed by atoms with Gasteiger partial charge in [-0.3, -0.25) is 0 Å². The Balaban J connectivity index is 2.62. The van der Waals surface area contributed by atoms with Crippen molar-refractivity contribution in [3.8, 4) is 0 Å². The van der Waals surface area contributed by atoms with E-state index in [0.717, 1.165) is 12.1 Å². The zero-order valence-electron chi connectivity index (χ0n) is 10.6. The largest absolute Gasteiger partial charge is 0.477 e. The summed E-state index contributed by atoms with van der Waals surface area (Å²) in [6.45, 7) is 7.08. The standard InChI is InChI=1S/C13H20N2O2/c1-4-11(9(2)3)14-8-10-6-5-7-12(15-10)13(16)17/h5-7,9,11,14H,4,8H2,1-3H3,(H,16,17). The monoisotopic (exact) mass is 236 g/mol. The molecule has 0 aliphatic rings. The Bertz CT molecular complexity index is 377. The molecule has 0 saturated carbocycles. The molecule has 1 heterocycles. The van der Waals surface area contributed by atoms with Gasteiger partial charge in [0.05, 0.1) is 5.69 Å². The number of nitrogens with zero attached hydrogens (tertiary/aromatic N) is 1. The van der Waals surface area contributed by atoms with Crippen molar-refractivity contribution in [2.75, 3.05) is 0 Å². The predicted molar refractivity (Wildman–Crippen MR) is 67.0 cm³/mol. The molecule has 0 aliphatic heterocycles. The molecule has 4 heteroatoms. The van der Waals surface area contributed by atoms with E-state index in [0.29, 0.717) is 18.5 Å². The third-order valence-corrected chi connectivity index (χ3v) is 2.82. The second-order valence-electron chi connectivity index (χ2n) is 4.46. The van der Waals surface area contributed by atoms with Crippen molar-refractivity contribution < 1.29 is 9.90 Å². The molecule has 0 aliphatic carbocycles. The van der Waals surface area contributed by atoms with Crippen LogP contribution in [0.5, 0.6) is 0 Å². The molecule has 1 aromatic heterocycles. The van der Waals surface area contributed by atoms with E-state index in [-0.39, 0.29) is 5.69 Å². The van der Waals surface area contributed by atoms with Gasteiger partial charge in [-0.15, -0.1) is 0 Å². The van der Waals surface area contributed by atoms with Crippen LogP contribution < -0.4 is 5.32 Å². The summed E-state index contributed by atoms with van der Waals surface area (Å²) < 4.78 is 0. The SMILES string of the molecule is CCC(NCc1cccc(C(=O)O)n1)C(C)C. The van der Waals surface area contributed by atoms with Crippen LogP contribution >= 0.6 is 0 Å². The molecular weight excluding hydrogens is 216 g/mol. The van der Waals surface area contributed by atoms with E-state index in [1.54, 1.807) is 6.07 Å². The fourth-order valence-corrected chi connectivity index (χ4v) is 1.78. The van der Waals surface area contributed by atoms with E-state index in [4.69, 9.17) is 5.11 Å². The summed E-state index contributed by atoms with van der Waals surface area (Å²) in [7, 11) is 0. The summed E-state index contributed by atoms with van der Waals surface area (Å²) in [5, 5.41) is 12.2. The molecule has 2 N–H and O–H groups in total. The fraction of sp³-hybridized carbons (Fsp3) is 0.538. The van der Waals surface area contributed by atoms with Gasteiger partial charge >= 0.3 is 5.97 Å². The van der Waals surface area contributed by atoms with E-state index >= 15 is 0 Å². The highest BCUT2D eigenvalue weighted by Gasteiger charge is 2.11. The zero-order chi connectivity index (χ0) is 12.8. The Morgan fingerprint density at radius 2 is 2.18 bits per heavy atom. The Kier molecular flexibility index (Phi) is 5.10. The predicted octanol–water partition coefficient (Wildman–Crippen LogP) is 2.30. The number of pyridine rings is 1. The number of rotatable bonds is 6. The average Bonchev–Trinajstić information content (AvgIpc) is 2.29. The normalized spacial score (nSPS) is 12.7. The van der Waals surface area contributed by atoms with Crippen molar-refractivity contribution in [1.82, 2.24) is 10.3 Å². The molecule has 1 unspecified atom stereocenters. The van der Waals surface area contributed by atoms with Gasteiger partial charge in [-0.05, 0) is 24.5 Å². The molecule has 0 saturated heterocycles. The third kappa shape index (κ3) is 4.15. The molecule has 4 nitrogen and oxygen atoms in total. The lowest BCUT2D eigenvalue weighted by molar-refractivity contribution is 0.0690. The molecular formula is C13H20N2O2. The van der Waals surface area contributed by atoms with Crippen LogP contribution in [0.2, 0.25) is 0 Å². The first-order chi connectivity index (χ1) is 8.04. The van der Waals surface area contributed by atoms with Gasteiger partial charge in [0.25, 0.3) is 0 Å². The molecule has 94 valence electrons. The number of nitrogens with one attached hydrogen (secondary N) is 1. The van der Waals surface area contributed by atoms with Crippen LogP contribution in [0.25, 0.3) is 0 Å². The summed E-state index contributed by atoms with van der Waals surface area (Å²) in [5.74, 6) is -0.426. The lowest BCUT2D eigenvalue weighted by Gasteiger charge is -2.20. The summed E-state index contributed by atoms with van der Waals surface area (Å²) >= 11 is 0. The molecule has 1 rings (SSSR count). The van der Waals surface area contributed by atoms with Crippen LogP contribution in [-0.4, -0.2) is 22.1 Å². The van der Waals surface area contributed by atoms with Gasteiger partial charge in [0, 0.05) is 12.6 Å². The van der Waals surface area contributed by atoms with Gasteiger partial charge in [-0.25, -0.2) is 9.78 Å². The maximum atomic E-state index is 10.8. The van der Waals surface area contributed by atoms with Crippen LogP contribution in [-0.2, 0) is 6.54 Å². The first-order valence-corrected chi connectivity index (χ1v) is 5.97. The van der Waals surface area contributed by atoms with Crippen LogP contribution in [0.4, 0.5) is 0 Å². The van der Waals surface area contributed by atoms with Crippen molar-refractivity contribution in [2.45, 2.75) is 39.8 Å². The molecule has 0 radical (unpaired) electrons. The Hall–Kier alpha value is -1.42. The number of hydrogen-bond acceptors (Lipinski definition) is 3. The first-order valence-electron chi connectivity index (χ1n) is 5.97. The number of hydrogen-bond donors (Lipinski definition) is 2. The van der Waals surface area contributed by atoms with Crippen LogP contribution in [0.15, 0.2) is 18.2 Å². The first kappa shape index (κ1) is 13.6. The minimum absolute atomic E-state index is 0.0990. The molecule has 1 aromatic rings. The second-order valence-corrected chi connectivity index (χ2v) is 4.46. The van der Waals surface area contributed by atoms with E-state index in [1.165, 1.54) is 6.07 Å². The number of carbonyl (C=O) groups is 1. The summed E-state index contributed by atoms with van der Waals surface area (Å²) in [5.41, 5.74) is 0.867. The molecule has 0 fully saturated rings. The van der Waals surface area contributed by atoms with Crippen molar-refractivity contribution in [3.05, 3.63) is 29.6 Å². The molecule has 0 amide bonds. The molecule has 17 heavy (non-hydrogen) atoms. The number of aromatic carboxylic acids is 1. The van der Waals surface area contributed by atoms with Crippen molar-refractivity contribution in [2.24, 2.45) is 5.92 Å². The number of carboxylic acids is 1. The summed E-state index contributed by atoms with van der Waals surface area (Å²) in [4.78, 5) is 14.8. The Morgan fingerprint density at radius 3 is 2.71 bits per heavy atom. The highest BCUT2D eigenvalue weighted by molar-refractivity contribution is 5.85. The van der Waals surface area contributed by atoms with E-state index in [9.17, 15) is 4.79 Å². The minimum atomic E-state index is -0.984. The van der Waals surface area contributed by atoms with E-state index in [1.807, 2.05) is 6.07 Å². The van der Waals surface area contributed by atoms with Crippen molar-refractivity contribution in [3.63, 3.8) is 0 Å². The molecule has 0 bridgehead atoms. The second kappa shape index (κ2) is 6.35. The van der Waals surface area contributed by atoms with E-state index < -0.39 is 5.97 Å². The third-order valence-electron chi connectivity index (χ3n) is 2.82. The fourth-order valence-electron chi connectivity index (χ4n) is 1.78. The minimum Gasteiger partial charge on any atom is -0.477 e. The Morgan fingerprint density at radius 1 is 1.47 bits per heavy atom. The van der Waals surface area contributed by atoms with Crippen molar-refractivity contribution in [1.29, 1.82) is 0 Å². The van der Waals surface area contributed by atoms with Crippen LogP contribution in [0, 0.1) is 5.92 Å². The Labute approximate surface area is 102 Å². The van der Waals surface area contributed by atoms with Crippen molar-refractivity contribution >= 4 is 5.97 Å². The van der Waals surface area contributed by atoms with Crippen LogP contribution in [0.3, 0.4) is 0 Å². The van der Waals surface area contributed by atoms with Gasteiger partial charge in [0.15, 0.2) is 0 Å². The smallest absolute Gasteiger partial charge is 0.354 e. The van der Waals surface area contributed by atoms with E-state index in [2.05, 4.69) is 31.1 Å². The van der Waals surface area contributed by atoms with Gasteiger partial charge in [-0.2, -0.15) is 0 Å². The highest BCUT2D eigenvalue weighted by atomic mass is 16.4. The highest BCUT2D eigenvalue weighted by Crippen LogP contribution is 2.07. The lowest BCUT2D eigenvalue weighted by Crippen LogP contribution is -2.32. The average molecular weight is 236 g/mol. The zero-order valence-corrected chi connectivity index (χ0v) is 10.6. The topological polar surface area (TPSA) is 62.2 Å².